The maximum Gasteiger partial charge on any atom is 0.356 e. The van der Waals surface area contributed by atoms with Gasteiger partial charge in [-0.05, 0) is 28.2 Å². The summed E-state index contributed by atoms with van der Waals surface area (Å²) in [7, 11) is 1.28. The molecular formula is C30H28NO6PS. The summed E-state index contributed by atoms with van der Waals surface area (Å²) >= 11 is 1.24. The zero-order chi connectivity index (χ0) is 27.8. The zero-order valence-corrected chi connectivity index (χ0v) is 23.3. The van der Waals surface area contributed by atoms with Gasteiger partial charge in [-0.25, -0.2) is 9.59 Å². The Morgan fingerprint density at radius 1 is 0.897 bits per heavy atom. The highest BCUT2D eigenvalue weighted by Gasteiger charge is 2.47. The average Bonchev–Trinajstić information content (AvgIpc) is 2.96. The van der Waals surface area contributed by atoms with E-state index in [1.807, 2.05) is 91.0 Å². The molecule has 1 aliphatic rings. The van der Waals surface area contributed by atoms with Gasteiger partial charge in [0.25, 0.3) is 0 Å². The Labute approximate surface area is 231 Å². The Bertz CT molecular complexity index is 1340. The second kappa shape index (κ2) is 12.8. The van der Waals surface area contributed by atoms with Gasteiger partial charge in [0.15, 0.2) is 5.78 Å². The highest BCUT2D eigenvalue weighted by Crippen LogP contribution is 2.49. The van der Waals surface area contributed by atoms with E-state index >= 15 is 0 Å². The van der Waals surface area contributed by atoms with Crippen LogP contribution in [0.15, 0.2) is 102 Å². The molecule has 0 spiro atoms. The second-order valence-corrected chi connectivity index (χ2v) is 13.1. The quantitative estimate of drug-likeness (QED) is 0.163. The Morgan fingerprint density at radius 2 is 1.38 bits per heavy atom. The van der Waals surface area contributed by atoms with Gasteiger partial charge in [-0.1, -0.05) is 91.0 Å². The van der Waals surface area contributed by atoms with Crippen molar-refractivity contribution in [1.29, 1.82) is 0 Å². The summed E-state index contributed by atoms with van der Waals surface area (Å²) in [4.78, 5) is 52.4. The molecule has 0 aromatic heterocycles. The summed E-state index contributed by atoms with van der Waals surface area (Å²) in [5.41, 5.74) is 0.188. The van der Waals surface area contributed by atoms with Crippen LogP contribution in [0.5, 0.6) is 0 Å². The maximum absolute atomic E-state index is 14.1. The molecule has 39 heavy (non-hydrogen) atoms. The highest BCUT2D eigenvalue weighted by molar-refractivity contribution is 8.03. The molecule has 3 aromatic carbocycles. The van der Waals surface area contributed by atoms with Crippen molar-refractivity contribution in [2.24, 2.45) is 0 Å². The summed E-state index contributed by atoms with van der Waals surface area (Å²) in [6.07, 6.45) is 1.44. The van der Waals surface area contributed by atoms with E-state index in [4.69, 9.17) is 4.74 Å². The van der Waals surface area contributed by atoms with E-state index in [-0.39, 0.29) is 23.5 Å². The number of carbonyl (C=O) groups excluding carboxylic acids is 4. The van der Waals surface area contributed by atoms with Crippen LogP contribution in [-0.2, 0) is 28.7 Å². The SMILES string of the molecule is COC(=O)C=CSC1CC(=O)N1C(C(=O)OCC(C)=O)=P(c1ccccc1)(c1ccccc1)c1ccccc1. The molecule has 1 aliphatic heterocycles. The predicted octanol–water partition coefficient (Wildman–Crippen LogP) is 3.22. The lowest BCUT2D eigenvalue weighted by Crippen LogP contribution is -2.58. The fraction of sp³-hybridized carbons (Fsp3) is 0.167. The van der Waals surface area contributed by atoms with Crippen LogP contribution in [0.25, 0.3) is 0 Å². The van der Waals surface area contributed by atoms with Crippen molar-refractivity contribution in [3.8, 4) is 0 Å². The van der Waals surface area contributed by atoms with Crippen molar-refractivity contribution in [2.45, 2.75) is 18.7 Å². The number of rotatable bonds is 10. The van der Waals surface area contributed by atoms with Gasteiger partial charge in [-0.15, -0.1) is 11.8 Å². The Morgan fingerprint density at radius 3 is 1.79 bits per heavy atom. The van der Waals surface area contributed by atoms with Crippen molar-refractivity contribution in [2.75, 3.05) is 13.7 Å². The molecule has 1 heterocycles. The molecule has 0 N–H and O–H groups in total. The minimum absolute atomic E-state index is 0.165. The monoisotopic (exact) mass is 561 g/mol. The van der Waals surface area contributed by atoms with Crippen molar-refractivity contribution < 1.29 is 28.7 Å². The number of ether oxygens (including phenoxy) is 2. The number of β-lactam (4-membered cyclic amide) rings is 1. The number of Topliss-reactive ketones (excluding diaryl/α,β-unsaturated/α-hetero) is 1. The number of nitrogens with zero attached hydrogens (tertiary/aromatic N) is 1. The van der Waals surface area contributed by atoms with Crippen LogP contribution >= 0.6 is 18.6 Å². The molecule has 0 saturated carbocycles. The van der Waals surface area contributed by atoms with Crippen LogP contribution in [0.4, 0.5) is 0 Å². The molecule has 4 rings (SSSR count). The van der Waals surface area contributed by atoms with Crippen molar-refractivity contribution >= 4 is 63.6 Å². The number of amides is 1. The number of hydrogen-bond acceptors (Lipinski definition) is 7. The van der Waals surface area contributed by atoms with Crippen LogP contribution in [0.2, 0.25) is 0 Å². The summed E-state index contributed by atoms with van der Waals surface area (Å²) in [6, 6.07) is 28.8. The summed E-state index contributed by atoms with van der Waals surface area (Å²) in [5, 5.41) is 3.65. The first-order valence-corrected chi connectivity index (χ1v) is 14.9. The lowest BCUT2D eigenvalue weighted by atomic mass is 10.2. The van der Waals surface area contributed by atoms with E-state index in [1.54, 1.807) is 5.41 Å². The number of thioether (sulfide) groups is 1. The van der Waals surface area contributed by atoms with Gasteiger partial charge in [0, 0.05) is 13.0 Å². The molecular weight excluding hydrogens is 533 g/mol. The third kappa shape index (κ3) is 5.92. The fourth-order valence-corrected chi connectivity index (χ4v) is 9.83. The van der Waals surface area contributed by atoms with Crippen molar-refractivity contribution in [3.05, 3.63) is 102 Å². The standard InChI is InChI=1S/C30H28NO6PS/c1-22(32)21-37-30(35)29(31-26(33)20-27(31)39-19-18-28(34)36-2)38(23-12-6-3-7-13-23,24-14-8-4-9-15-24)25-16-10-5-11-17-25/h3-19,27H,20-21H2,1-2H3. The number of likely N-dealkylation sites (tertiary alicyclic amines) is 1. The number of methoxy groups -OCH3 is 1. The third-order valence-electron chi connectivity index (χ3n) is 6.11. The molecule has 7 nitrogen and oxygen atoms in total. The predicted molar refractivity (Wildman–Crippen MR) is 156 cm³/mol. The van der Waals surface area contributed by atoms with E-state index in [1.165, 1.54) is 36.8 Å². The number of carbonyl (C=O) groups is 4. The largest absolute Gasteiger partial charge is 0.466 e. The molecule has 1 atom stereocenters. The van der Waals surface area contributed by atoms with Crippen LogP contribution < -0.4 is 15.9 Å². The molecule has 1 amide bonds. The Kier molecular flexibility index (Phi) is 9.23. The Hall–Kier alpha value is -3.87. The van der Waals surface area contributed by atoms with Gasteiger partial charge in [0.2, 0.25) is 5.91 Å². The van der Waals surface area contributed by atoms with Crippen LogP contribution in [0.1, 0.15) is 13.3 Å². The topological polar surface area (TPSA) is 90.0 Å². The van der Waals surface area contributed by atoms with Crippen LogP contribution in [0.3, 0.4) is 0 Å². The summed E-state index contributed by atoms with van der Waals surface area (Å²) in [6.45, 7) is -2.10. The van der Waals surface area contributed by atoms with E-state index in [0.29, 0.717) is 0 Å². The van der Waals surface area contributed by atoms with Crippen molar-refractivity contribution in [3.63, 3.8) is 0 Å². The van der Waals surface area contributed by atoms with E-state index in [2.05, 4.69) is 4.74 Å². The number of esters is 2. The van der Waals surface area contributed by atoms with Crippen molar-refractivity contribution in [1.82, 2.24) is 4.90 Å². The molecule has 0 radical (unpaired) electrons. The smallest absolute Gasteiger partial charge is 0.356 e. The molecule has 0 aliphatic carbocycles. The van der Waals surface area contributed by atoms with Gasteiger partial charge >= 0.3 is 11.9 Å². The zero-order valence-electron chi connectivity index (χ0n) is 21.6. The first-order chi connectivity index (χ1) is 18.9. The molecule has 9 heteroatoms. The molecule has 0 bridgehead atoms. The van der Waals surface area contributed by atoms with Crippen LogP contribution in [0, 0.1) is 0 Å². The normalized spacial score (nSPS) is 15.0. The van der Waals surface area contributed by atoms with Gasteiger partial charge in [0.1, 0.15) is 12.0 Å². The number of hydrogen-bond donors (Lipinski definition) is 0. The first kappa shape index (κ1) is 28.1. The van der Waals surface area contributed by atoms with E-state index in [9.17, 15) is 19.2 Å². The molecule has 1 fully saturated rings. The third-order valence-corrected chi connectivity index (χ3v) is 11.3. The highest BCUT2D eigenvalue weighted by atomic mass is 32.2. The van der Waals surface area contributed by atoms with E-state index < -0.39 is 30.8 Å². The average molecular weight is 562 g/mol. The summed E-state index contributed by atoms with van der Waals surface area (Å²) in [5.74, 6) is -1.82. The minimum Gasteiger partial charge on any atom is -0.466 e. The van der Waals surface area contributed by atoms with Gasteiger partial charge in [-0.3, -0.25) is 14.5 Å². The number of benzene rings is 3. The first-order valence-electron chi connectivity index (χ1n) is 12.2. The minimum atomic E-state index is -3.03. The van der Waals surface area contributed by atoms with Gasteiger partial charge < -0.3 is 9.47 Å². The molecule has 3 aromatic rings. The molecule has 1 saturated heterocycles. The maximum atomic E-state index is 14.1. The molecule has 1 unspecified atom stereocenters. The number of ketones is 1. The lowest BCUT2D eigenvalue weighted by molar-refractivity contribution is -0.144. The van der Waals surface area contributed by atoms with Gasteiger partial charge in [0.05, 0.1) is 18.9 Å². The second-order valence-electron chi connectivity index (χ2n) is 8.66. The molecule has 200 valence electrons. The fourth-order valence-electron chi connectivity index (χ4n) is 4.40. The lowest BCUT2D eigenvalue weighted by Gasteiger charge is -2.44. The Balaban J connectivity index is 2.08. The van der Waals surface area contributed by atoms with E-state index in [0.717, 1.165) is 15.9 Å². The van der Waals surface area contributed by atoms with Gasteiger partial charge in [-0.2, -0.15) is 0 Å². The van der Waals surface area contributed by atoms with Crippen LogP contribution in [-0.4, -0.2) is 53.0 Å². The summed E-state index contributed by atoms with van der Waals surface area (Å²) < 4.78 is 10.2.